The molecule has 4 N–H and O–H groups in total. The van der Waals surface area contributed by atoms with E-state index in [4.69, 9.17) is 22.3 Å². The van der Waals surface area contributed by atoms with E-state index in [-0.39, 0.29) is 41.7 Å². The van der Waals surface area contributed by atoms with E-state index in [1.807, 2.05) is 0 Å². The third-order valence-electron chi connectivity index (χ3n) is 2.80. The van der Waals surface area contributed by atoms with Crippen LogP contribution in [-0.4, -0.2) is 30.1 Å². The number of rotatable bonds is 11. The Kier molecular flexibility index (Phi) is 30.2. The van der Waals surface area contributed by atoms with Gasteiger partial charge in [-0.2, -0.15) is 0 Å². The quantitative estimate of drug-likeness (QED) is 0.180. The molecule has 0 spiro atoms. The maximum atomic E-state index is 10.5. The Balaban J connectivity index is -0.000000225. The summed E-state index contributed by atoms with van der Waals surface area (Å²) in [6.45, 7) is 4.32. The minimum Gasteiger partial charge on any atom is -0.726 e. The topological polar surface area (TPSA) is 139 Å². The summed E-state index contributed by atoms with van der Waals surface area (Å²) < 4.78 is 37.7. The fourth-order valence-corrected chi connectivity index (χ4v) is 1.81. The van der Waals surface area contributed by atoms with Crippen molar-refractivity contribution in [1.29, 1.82) is 0 Å². The van der Waals surface area contributed by atoms with Gasteiger partial charge in [0.2, 0.25) is 10.4 Å². The fraction of sp³-hybridized carbons (Fsp3) is 0.929. The SMILES string of the molecule is CCCCCCCCCCCCOC(C)=O.N.O=S(=O)([O-])O.[Na+]. The second-order valence-electron chi connectivity index (χ2n) is 4.95. The zero-order valence-electron chi connectivity index (χ0n) is 14.9. The second-order valence-corrected chi connectivity index (χ2v) is 5.81. The number of esters is 1. The molecule has 0 heterocycles. The van der Waals surface area contributed by atoms with Crippen LogP contribution >= 0.6 is 0 Å². The van der Waals surface area contributed by atoms with Crippen LogP contribution in [0.3, 0.4) is 0 Å². The predicted octanol–water partition coefficient (Wildman–Crippen LogP) is 0.641. The van der Waals surface area contributed by atoms with Crippen molar-refractivity contribution in [2.24, 2.45) is 0 Å². The molecule has 136 valence electrons. The fourth-order valence-electron chi connectivity index (χ4n) is 1.81. The van der Waals surface area contributed by atoms with Crippen molar-refractivity contribution in [2.45, 2.75) is 78.1 Å². The van der Waals surface area contributed by atoms with Crippen LogP contribution in [0.25, 0.3) is 0 Å². The minimum absolute atomic E-state index is 0. The molecule has 7 nitrogen and oxygen atoms in total. The number of unbranched alkanes of at least 4 members (excludes halogenated alkanes) is 9. The van der Waals surface area contributed by atoms with E-state index in [0.29, 0.717) is 6.61 Å². The average Bonchev–Trinajstić information content (AvgIpc) is 2.33. The molecule has 0 radical (unpaired) electrons. The van der Waals surface area contributed by atoms with Gasteiger partial charge < -0.3 is 15.4 Å². The van der Waals surface area contributed by atoms with Gasteiger partial charge in [0.05, 0.1) is 6.61 Å². The molecule has 0 aliphatic heterocycles. The number of hydrogen-bond donors (Lipinski definition) is 2. The smallest absolute Gasteiger partial charge is 0.726 e. The van der Waals surface area contributed by atoms with Gasteiger partial charge >= 0.3 is 35.5 Å². The number of hydrogen-bond acceptors (Lipinski definition) is 6. The summed E-state index contributed by atoms with van der Waals surface area (Å²) in [5.74, 6) is -0.157. The van der Waals surface area contributed by atoms with Gasteiger partial charge in [-0.05, 0) is 6.42 Å². The third kappa shape index (κ3) is 52.0. The van der Waals surface area contributed by atoms with Crippen molar-refractivity contribution in [3.8, 4) is 0 Å². The molecule has 0 aliphatic rings. The normalized spacial score (nSPS) is 9.74. The summed E-state index contributed by atoms with van der Waals surface area (Å²) >= 11 is 0. The molecule has 0 aromatic carbocycles. The van der Waals surface area contributed by atoms with E-state index in [9.17, 15) is 4.79 Å². The number of carbonyl (C=O) groups is 1. The van der Waals surface area contributed by atoms with Crippen LogP contribution in [-0.2, 0) is 19.9 Å². The average molecular weight is 365 g/mol. The molecule has 0 fully saturated rings. The molecule has 0 aliphatic carbocycles. The first-order valence-corrected chi connectivity index (χ1v) is 8.95. The molecule has 0 saturated carbocycles. The molecule has 0 amide bonds. The van der Waals surface area contributed by atoms with E-state index >= 15 is 0 Å². The van der Waals surface area contributed by atoms with Crippen molar-refractivity contribution < 1.29 is 56.6 Å². The summed E-state index contributed by atoms with van der Waals surface area (Å²) in [4.78, 5) is 10.5. The van der Waals surface area contributed by atoms with Crippen LogP contribution in [0.2, 0.25) is 0 Å². The van der Waals surface area contributed by atoms with Crippen molar-refractivity contribution in [2.75, 3.05) is 6.61 Å². The molecule has 0 bridgehead atoms. The van der Waals surface area contributed by atoms with Gasteiger partial charge in [0.1, 0.15) is 0 Å². The van der Waals surface area contributed by atoms with Gasteiger partial charge in [0, 0.05) is 6.92 Å². The van der Waals surface area contributed by atoms with Crippen LogP contribution in [0.4, 0.5) is 0 Å². The Labute approximate surface area is 163 Å². The van der Waals surface area contributed by atoms with Crippen LogP contribution < -0.4 is 35.7 Å². The number of carbonyl (C=O) groups excluding carboxylic acids is 1. The molecule has 0 atom stereocenters. The van der Waals surface area contributed by atoms with Crippen molar-refractivity contribution in [3.63, 3.8) is 0 Å². The largest absolute Gasteiger partial charge is 1.00 e. The van der Waals surface area contributed by atoms with Gasteiger partial charge in [-0.25, -0.2) is 8.42 Å². The van der Waals surface area contributed by atoms with Crippen molar-refractivity contribution in [1.82, 2.24) is 6.15 Å². The Bertz CT molecular complexity index is 330. The van der Waals surface area contributed by atoms with Crippen LogP contribution in [0, 0.1) is 0 Å². The molecular weight excluding hydrogens is 333 g/mol. The standard InChI is InChI=1S/C14H28O2.H3N.Na.H2O4S/c1-3-4-5-6-7-8-9-10-11-12-13-16-14(2)15;;;1-5(2,3)4/h3-13H2,1-2H3;1H3;;(H2,1,2,3,4)/q;;+1;/p-1. The van der Waals surface area contributed by atoms with Crippen molar-refractivity contribution in [3.05, 3.63) is 0 Å². The molecule has 0 unspecified atom stereocenters. The zero-order valence-corrected chi connectivity index (χ0v) is 17.7. The Hall–Kier alpha value is 0.300. The van der Waals surface area contributed by atoms with Gasteiger partial charge in [0.15, 0.2) is 0 Å². The van der Waals surface area contributed by atoms with Gasteiger partial charge in [0.25, 0.3) is 0 Å². The molecule has 0 rings (SSSR count). The molecule has 23 heavy (non-hydrogen) atoms. The summed E-state index contributed by atoms with van der Waals surface area (Å²) in [6.07, 6.45) is 13.1. The predicted molar refractivity (Wildman–Crippen MR) is 85.8 cm³/mol. The molecular formula is C14H32NNaO6S. The van der Waals surface area contributed by atoms with Crippen molar-refractivity contribution >= 4 is 16.4 Å². The van der Waals surface area contributed by atoms with E-state index in [1.165, 1.54) is 64.7 Å². The maximum absolute atomic E-state index is 10.5. The van der Waals surface area contributed by atoms with Gasteiger partial charge in [-0.15, -0.1) is 0 Å². The van der Waals surface area contributed by atoms with Crippen LogP contribution in [0.5, 0.6) is 0 Å². The third-order valence-corrected chi connectivity index (χ3v) is 2.80. The second kappa shape index (κ2) is 22.3. The molecule has 0 saturated heterocycles. The van der Waals surface area contributed by atoms with E-state index in [0.717, 1.165) is 6.42 Å². The summed E-state index contributed by atoms with van der Waals surface area (Å²) in [6, 6.07) is 0. The molecule has 0 aromatic rings. The monoisotopic (exact) mass is 365 g/mol. The van der Waals surface area contributed by atoms with Crippen LogP contribution in [0.1, 0.15) is 78.1 Å². The Morgan fingerprint density at radius 3 is 1.57 bits per heavy atom. The minimum atomic E-state index is -4.92. The maximum Gasteiger partial charge on any atom is 1.00 e. The van der Waals surface area contributed by atoms with Crippen LogP contribution in [0.15, 0.2) is 0 Å². The Morgan fingerprint density at radius 1 is 0.957 bits per heavy atom. The van der Waals surface area contributed by atoms with Gasteiger partial charge in [-0.1, -0.05) is 64.7 Å². The van der Waals surface area contributed by atoms with E-state index < -0.39 is 10.4 Å². The Morgan fingerprint density at radius 2 is 1.26 bits per heavy atom. The van der Waals surface area contributed by atoms with Gasteiger partial charge in [-0.3, -0.25) is 9.35 Å². The number of ether oxygens (including phenoxy) is 1. The first kappa shape index (κ1) is 31.1. The summed E-state index contributed by atoms with van der Waals surface area (Å²) in [7, 11) is -4.92. The first-order valence-electron chi connectivity index (χ1n) is 7.59. The molecule has 9 heteroatoms. The summed E-state index contributed by atoms with van der Waals surface area (Å²) in [5, 5.41) is 0. The van der Waals surface area contributed by atoms with E-state index in [2.05, 4.69) is 6.92 Å². The summed E-state index contributed by atoms with van der Waals surface area (Å²) in [5.41, 5.74) is 0. The zero-order chi connectivity index (χ0) is 16.6. The molecule has 0 aromatic heterocycles. The first-order chi connectivity index (χ1) is 9.77. The van der Waals surface area contributed by atoms with E-state index in [1.54, 1.807) is 0 Å².